The van der Waals surface area contributed by atoms with Gasteiger partial charge in [0.15, 0.2) is 0 Å². The topological polar surface area (TPSA) is 42.0 Å². The second-order valence-corrected chi connectivity index (χ2v) is 4.79. The number of nitrogens with zero attached hydrogens (tertiary/aromatic N) is 1. The van der Waals surface area contributed by atoms with Gasteiger partial charge in [-0.3, -0.25) is 4.79 Å². The Bertz CT molecular complexity index is 689. The summed E-state index contributed by atoms with van der Waals surface area (Å²) < 4.78 is 37.7. The average Bonchev–Trinajstić information content (AvgIpc) is 2.41. The van der Waals surface area contributed by atoms with Crippen molar-refractivity contribution in [3.63, 3.8) is 0 Å². The Morgan fingerprint density at radius 2 is 1.90 bits per heavy atom. The van der Waals surface area contributed by atoms with E-state index in [1.54, 1.807) is 0 Å². The molecule has 8 heteroatoms. The Balaban J connectivity index is 2.21. The van der Waals surface area contributed by atoms with Crippen LogP contribution < -0.4 is 5.32 Å². The van der Waals surface area contributed by atoms with Gasteiger partial charge < -0.3 is 5.32 Å². The van der Waals surface area contributed by atoms with Gasteiger partial charge in [-0.05, 0) is 24.3 Å². The SMILES string of the molecule is O=C(Nc1cccc(C(F)(F)F)c1)c1cnc(Cl)c(Cl)c1. The molecule has 0 spiro atoms. The average molecular weight is 335 g/mol. The van der Waals surface area contributed by atoms with Crippen molar-refractivity contribution in [2.24, 2.45) is 0 Å². The summed E-state index contributed by atoms with van der Waals surface area (Å²) in [6.07, 6.45) is -3.30. The van der Waals surface area contributed by atoms with Crippen LogP contribution in [0.2, 0.25) is 10.2 Å². The molecule has 0 radical (unpaired) electrons. The first-order chi connectivity index (χ1) is 9.77. The number of rotatable bonds is 2. The lowest BCUT2D eigenvalue weighted by molar-refractivity contribution is -0.137. The number of amides is 1. The third-order valence-corrected chi connectivity index (χ3v) is 3.19. The van der Waals surface area contributed by atoms with Crippen LogP contribution in [0.25, 0.3) is 0 Å². The van der Waals surface area contributed by atoms with Crippen LogP contribution in [0.15, 0.2) is 36.5 Å². The third kappa shape index (κ3) is 3.86. The molecule has 0 atom stereocenters. The van der Waals surface area contributed by atoms with Gasteiger partial charge in [-0.25, -0.2) is 4.98 Å². The predicted molar refractivity (Wildman–Crippen MR) is 73.7 cm³/mol. The standard InChI is InChI=1S/C13H7Cl2F3N2O/c14-10-4-7(6-19-11(10)15)12(21)20-9-3-1-2-8(5-9)13(16,17)18/h1-6H,(H,20,21). The maximum atomic E-state index is 12.6. The first kappa shape index (κ1) is 15.6. The molecule has 1 N–H and O–H groups in total. The normalized spacial score (nSPS) is 11.3. The van der Waals surface area contributed by atoms with Gasteiger partial charge in [0.25, 0.3) is 5.91 Å². The van der Waals surface area contributed by atoms with E-state index in [0.29, 0.717) is 0 Å². The van der Waals surface area contributed by atoms with Crippen LogP contribution in [-0.4, -0.2) is 10.9 Å². The molecule has 1 aromatic carbocycles. The van der Waals surface area contributed by atoms with Crippen LogP contribution in [0.4, 0.5) is 18.9 Å². The summed E-state index contributed by atoms with van der Waals surface area (Å²) in [6.45, 7) is 0. The van der Waals surface area contributed by atoms with Crippen LogP contribution >= 0.6 is 23.2 Å². The van der Waals surface area contributed by atoms with E-state index in [0.717, 1.165) is 12.1 Å². The van der Waals surface area contributed by atoms with Gasteiger partial charge in [0, 0.05) is 11.9 Å². The molecule has 2 rings (SSSR count). The summed E-state index contributed by atoms with van der Waals surface area (Å²) in [5.41, 5.74) is -0.754. The van der Waals surface area contributed by atoms with Crippen molar-refractivity contribution >= 4 is 34.8 Å². The van der Waals surface area contributed by atoms with Crippen LogP contribution in [0.5, 0.6) is 0 Å². The number of nitrogens with one attached hydrogen (secondary N) is 1. The molecule has 0 aliphatic heterocycles. The fourth-order valence-electron chi connectivity index (χ4n) is 1.52. The second-order valence-electron chi connectivity index (χ2n) is 4.03. The van der Waals surface area contributed by atoms with Gasteiger partial charge >= 0.3 is 6.18 Å². The van der Waals surface area contributed by atoms with Gasteiger partial charge in [-0.15, -0.1) is 0 Å². The van der Waals surface area contributed by atoms with E-state index in [1.165, 1.54) is 24.4 Å². The maximum absolute atomic E-state index is 12.6. The maximum Gasteiger partial charge on any atom is 0.416 e. The summed E-state index contributed by atoms with van der Waals surface area (Å²) in [7, 11) is 0. The monoisotopic (exact) mass is 334 g/mol. The summed E-state index contributed by atoms with van der Waals surface area (Å²) in [5.74, 6) is -0.639. The van der Waals surface area contributed by atoms with Crippen molar-refractivity contribution in [3.8, 4) is 0 Å². The highest BCUT2D eigenvalue weighted by Crippen LogP contribution is 2.30. The predicted octanol–water partition coefficient (Wildman–Crippen LogP) is 4.66. The van der Waals surface area contributed by atoms with Gasteiger partial charge in [0.2, 0.25) is 0 Å². The zero-order valence-corrected chi connectivity index (χ0v) is 11.7. The first-order valence-corrected chi connectivity index (χ1v) is 6.32. The van der Waals surface area contributed by atoms with Crippen molar-refractivity contribution in [1.82, 2.24) is 4.98 Å². The number of aromatic nitrogens is 1. The van der Waals surface area contributed by atoms with E-state index in [2.05, 4.69) is 10.3 Å². The number of halogens is 5. The lowest BCUT2D eigenvalue weighted by atomic mass is 10.2. The van der Waals surface area contributed by atoms with Gasteiger partial charge in [0.05, 0.1) is 16.1 Å². The van der Waals surface area contributed by atoms with Crippen LogP contribution in [0, 0.1) is 0 Å². The van der Waals surface area contributed by atoms with Gasteiger partial charge in [-0.1, -0.05) is 29.3 Å². The number of carbonyl (C=O) groups is 1. The van der Waals surface area contributed by atoms with Crippen LogP contribution in [0.1, 0.15) is 15.9 Å². The highest BCUT2D eigenvalue weighted by Gasteiger charge is 2.30. The number of hydrogen-bond donors (Lipinski definition) is 1. The molecule has 3 nitrogen and oxygen atoms in total. The van der Waals surface area contributed by atoms with E-state index in [4.69, 9.17) is 23.2 Å². The molecule has 0 saturated carbocycles. The molecular weight excluding hydrogens is 328 g/mol. The molecule has 1 aromatic heterocycles. The molecule has 110 valence electrons. The molecule has 0 fully saturated rings. The summed E-state index contributed by atoms with van der Waals surface area (Å²) in [6, 6.07) is 5.57. The van der Waals surface area contributed by atoms with E-state index in [9.17, 15) is 18.0 Å². The Kier molecular flexibility index (Phi) is 4.39. The fraction of sp³-hybridized carbons (Fsp3) is 0.0769. The van der Waals surface area contributed by atoms with Crippen LogP contribution in [-0.2, 0) is 6.18 Å². The minimum atomic E-state index is -4.48. The lowest BCUT2D eigenvalue weighted by Gasteiger charge is -2.10. The molecule has 0 aliphatic rings. The van der Waals surface area contributed by atoms with Crippen molar-refractivity contribution in [3.05, 3.63) is 57.8 Å². The number of pyridine rings is 1. The molecule has 0 unspecified atom stereocenters. The van der Waals surface area contributed by atoms with Crippen molar-refractivity contribution in [2.45, 2.75) is 6.18 Å². The van der Waals surface area contributed by atoms with Crippen LogP contribution in [0.3, 0.4) is 0 Å². The quantitative estimate of drug-likeness (QED) is 0.811. The van der Waals surface area contributed by atoms with E-state index >= 15 is 0 Å². The Hall–Kier alpha value is -1.79. The molecular formula is C13H7Cl2F3N2O. The minimum absolute atomic E-state index is 0.0147. The minimum Gasteiger partial charge on any atom is -0.322 e. The number of anilines is 1. The molecule has 2 aromatic rings. The summed E-state index contributed by atoms with van der Waals surface area (Å²) in [4.78, 5) is 15.6. The van der Waals surface area contributed by atoms with Crippen molar-refractivity contribution in [1.29, 1.82) is 0 Å². The number of benzene rings is 1. The van der Waals surface area contributed by atoms with Gasteiger partial charge in [0.1, 0.15) is 5.15 Å². The van der Waals surface area contributed by atoms with E-state index < -0.39 is 17.6 Å². The second kappa shape index (κ2) is 5.91. The molecule has 1 heterocycles. The Morgan fingerprint density at radius 3 is 2.52 bits per heavy atom. The molecule has 0 bridgehead atoms. The third-order valence-electron chi connectivity index (χ3n) is 2.51. The fourth-order valence-corrected chi connectivity index (χ4v) is 1.79. The highest BCUT2D eigenvalue weighted by atomic mass is 35.5. The number of alkyl halides is 3. The summed E-state index contributed by atoms with van der Waals surface area (Å²) >= 11 is 11.3. The molecule has 1 amide bonds. The highest BCUT2D eigenvalue weighted by molar-refractivity contribution is 6.41. The smallest absolute Gasteiger partial charge is 0.322 e. The Labute approximate surface area is 127 Å². The molecule has 0 saturated heterocycles. The largest absolute Gasteiger partial charge is 0.416 e. The Morgan fingerprint density at radius 1 is 1.19 bits per heavy atom. The zero-order chi connectivity index (χ0) is 15.6. The number of carbonyl (C=O) groups excluding carboxylic acids is 1. The first-order valence-electron chi connectivity index (χ1n) is 5.57. The summed E-state index contributed by atoms with van der Waals surface area (Å²) in [5, 5.41) is 2.45. The molecule has 21 heavy (non-hydrogen) atoms. The molecule has 0 aliphatic carbocycles. The van der Waals surface area contributed by atoms with Crippen molar-refractivity contribution < 1.29 is 18.0 Å². The van der Waals surface area contributed by atoms with Crippen molar-refractivity contribution in [2.75, 3.05) is 5.32 Å². The lowest BCUT2D eigenvalue weighted by Crippen LogP contribution is -2.13. The van der Waals surface area contributed by atoms with E-state index in [1.807, 2.05) is 0 Å². The number of hydrogen-bond acceptors (Lipinski definition) is 2. The van der Waals surface area contributed by atoms with Gasteiger partial charge in [-0.2, -0.15) is 13.2 Å². The van der Waals surface area contributed by atoms with E-state index in [-0.39, 0.29) is 21.4 Å². The zero-order valence-electron chi connectivity index (χ0n) is 10.2.